The molecule has 0 aliphatic rings. The molecule has 1 rings (SSSR count). The average Bonchev–Trinajstić information content (AvgIpc) is 2.22. The zero-order valence-electron chi connectivity index (χ0n) is 10.3. The summed E-state index contributed by atoms with van der Waals surface area (Å²) in [5.74, 6) is -1.52. The molecule has 0 amide bonds. The molecular weight excluding hydrogens is 236 g/mol. The molecule has 0 fully saturated rings. The molecule has 0 bridgehead atoms. The predicted octanol–water partition coefficient (Wildman–Crippen LogP) is 1.93. The molecule has 1 aromatic rings. The van der Waals surface area contributed by atoms with Crippen LogP contribution >= 0.6 is 0 Å². The fourth-order valence-electron chi connectivity index (χ4n) is 1.73. The maximum absolute atomic E-state index is 11.8. The van der Waals surface area contributed by atoms with E-state index in [0.29, 0.717) is 19.3 Å². The molecule has 0 aliphatic carbocycles. The van der Waals surface area contributed by atoms with Crippen molar-refractivity contribution in [1.29, 1.82) is 0 Å². The Morgan fingerprint density at radius 3 is 2.22 bits per heavy atom. The molecule has 0 saturated heterocycles. The Morgan fingerprint density at radius 1 is 1.17 bits per heavy atom. The zero-order chi connectivity index (χ0) is 13.7. The Labute approximate surface area is 105 Å². The monoisotopic (exact) mass is 254 g/mol. The van der Waals surface area contributed by atoms with E-state index in [-0.39, 0.29) is 23.5 Å². The highest BCUT2D eigenvalue weighted by Crippen LogP contribution is 2.33. The van der Waals surface area contributed by atoms with Gasteiger partial charge in [0, 0.05) is 18.6 Å². The van der Waals surface area contributed by atoms with Crippen LogP contribution in [-0.2, 0) is 0 Å². The molecular formula is C13H18O5. The number of hydrogen-bond donors (Lipinski definition) is 4. The van der Waals surface area contributed by atoms with Gasteiger partial charge >= 0.3 is 0 Å². The normalized spacial score (nSPS) is 12.3. The van der Waals surface area contributed by atoms with Crippen molar-refractivity contribution in [3.05, 3.63) is 17.7 Å². The van der Waals surface area contributed by atoms with E-state index < -0.39 is 17.6 Å². The second-order valence-electron chi connectivity index (χ2n) is 4.38. The molecule has 0 heterocycles. The standard InChI is InChI=1S/C13H18O5/c1-8(14)4-2-3-5-10(16)13-11(17)6-9(15)7-12(13)18/h6-8,14-15,17-18H,2-5H2,1H3. The Balaban J connectivity index is 2.62. The van der Waals surface area contributed by atoms with E-state index in [1.54, 1.807) is 6.92 Å². The van der Waals surface area contributed by atoms with Crippen molar-refractivity contribution < 1.29 is 25.2 Å². The first-order valence-electron chi connectivity index (χ1n) is 5.88. The van der Waals surface area contributed by atoms with E-state index in [9.17, 15) is 15.0 Å². The molecule has 5 nitrogen and oxygen atoms in total. The number of ketones is 1. The lowest BCUT2D eigenvalue weighted by Gasteiger charge is -2.07. The number of Topliss-reactive ketones (excluding diaryl/α,β-unsaturated/α-hetero) is 1. The molecule has 5 heteroatoms. The smallest absolute Gasteiger partial charge is 0.170 e. The minimum Gasteiger partial charge on any atom is -0.508 e. The van der Waals surface area contributed by atoms with Gasteiger partial charge in [0.05, 0.1) is 6.10 Å². The number of carbonyl (C=O) groups excluding carboxylic acids is 1. The molecule has 0 aliphatic heterocycles. The second-order valence-corrected chi connectivity index (χ2v) is 4.38. The van der Waals surface area contributed by atoms with Gasteiger partial charge in [-0.25, -0.2) is 0 Å². The summed E-state index contributed by atoms with van der Waals surface area (Å²) in [6, 6.07) is 2.03. The number of aromatic hydroxyl groups is 3. The van der Waals surface area contributed by atoms with Gasteiger partial charge in [0.25, 0.3) is 0 Å². The number of benzene rings is 1. The van der Waals surface area contributed by atoms with Crippen LogP contribution < -0.4 is 0 Å². The summed E-state index contributed by atoms with van der Waals surface area (Å²) in [7, 11) is 0. The molecule has 1 atom stereocenters. The maximum Gasteiger partial charge on any atom is 0.170 e. The molecule has 0 aromatic heterocycles. The first kappa shape index (κ1) is 14.3. The average molecular weight is 254 g/mol. The van der Waals surface area contributed by atoms with Crippen LogP contribution in [0.25, 0.3) is 0 Å². The van der Waals surface area contributed by atoms with Gasteiger partial charge in [-0.3, -0.25) is 4.79 Å². The summed E-state index contributed by atoms with van der Waals surface area (Å²) in [5, 5.41) is 37.2. The van der Waals surface area contributed by atoms with E-state index in [4.69, 9.17) is 10.2 Å². The van der Waals surface area contributed by atoms with Gasteiger partial charge in [0.2, 0.25) is 0 Å². The molecule has 1 aromatic carbocycles. The van der Waals surface area contributed by atoms with Crippen LogP contribution in [0.5, 0.6) is 17.2 Å². The summed E-state index contributed by atoms with van der Waals surface area (Å²) < 4.78 is 0. The lowest BCUT2D eigenvalue weighted by atomic mass is 10.0. The number of aliphatic hydroxyl groups is 1. The van der Waals surface area contributed by atoms with Crippen molar-refractivity contribution in [3.63, 3.8) is 0 Å². The van der Waals surface area contributed by atoms with Crippen molar-refractivity contribution >= 4 is 5.78 Å². The third-order valence-electron chi connectivity index (χ3n) is 2.64. The number of carbonyl (C=O) groups is 1. The minimum absolute atomic E-state index is 0.162. The lowest BCUT2D eigenvalue weighted by Crippen LogP contribution is -2.02. The highest BCUT2D eigenvalue weighted by atomic mass is 16.3. The minimum atomic E-state index is -0.423. The van der Waals surface area contributed by atoms with Crippen LogP contribution in [-0.4, -0.2) is 32.3 Å². The van der Waals surface area contributed by atoms with E-state index in [0.717, 1.165) is 12.1 Å². The molecule has 0 spiro atoms. The summed E-state index contributed by atoms with van der Waals surface area (Å²) in [6.45, 7) is 1.68. The molecule has 100 valence electrons. The van der Waals surface area contributed by atoms with E-state index in [1.807, 2.05) is 0 Å². The summed E-state index contributed by atoms with van der Waals surface area (Å²) in [4.78, 5) is 11.8. The Morgan fingerprint density at radius 2 is 1.72 bits per heavy atom. The topological polar surface area (TPSA) is 98.0 Å². The summed E-state index contributed by atoms with van der Waals surface area (Å²) >= 11 is 0. The summed E-state index contributed by atoms with van der Waals surface area (Å²) in [6.07, 6.45) is 1.67. The van der Waals surface area contributed by atoms with Crippen LogP contribution in [0.15, 0.2) is 12.1 Å². The molecule has 0 saturated carbocycles. The Hall–Kier alpha value is -1.75. The van der Waals surface area contributed by atoms with Crippen LogP contribution in [0.3, 0.4) is 0 Å². The van der Waals surface area contributed by atoms with E-state index >= 15 is 0 Å². The number of unbranched alkanes of at least 4 members (excludes halogenated alkanes) is 1. The van der Waals surface area contributed by atoms with Crippen molar-refractivity contribution in [2.45, 2.75) is 38.7 Å². The fourth-order valence-corrected chi connectivity index (χ4v) is 1.73. The largest absolute Gasteiger partial charge is 0.508 e. The number of rotatable bonds is 6. The van der Waals surface area contributed by atoms with Crippen LogP contribution in [0.4, 0.5) is 0 Å². The number of aliphatic hydroxyl groups excluding tert-OH is 1. The maximum atomic E-state index is 11.8. The lowest BCUT2D eigenvalue weighted by molar-refractivity contribution is 0.0970. The van der Waals surface area contributed by atoms with Crippen molar-refractivity contribution in [3.8, 4) is 17.2 Å². The van der Waals surface area contributed by atoms with Crippen LogP contribution in [0.2, 0.25) is 0 Å². The molecule has 0 radical (unpaired) electrons. The molecule has 18 heavy (non-hydrogen) atoms. The third-order valence-corrected chi connectivity index (χ3v) is 2.64. The van der Waals surface area contributed by atoms with E-state index in [1.165, 1.54) is 0 Å². The second kappa shape index (κ2) is 6.26. The number of hydrogen-bond acceptors (Lipinski definition) is 5. The van der Waals surface area contributed by atoms with Crippen molar-refractivity contribution in [1.82, 2.24) is 0 Å². The first-order valence-corrected chi connectivity index (χ1v) is 5.88. The third kappa shape index (κ3) is 3.92. The van der Waals surface area contributed by atoms with Crippen molar-refractivity contribution in [2.75, 3.05) is 0 Å². The summed E-state index contributed by atoms with van der Waals surface area (Å²) in [5.41, 5.74) is -0.162. The van der Waals surface area contributed by atoms with Gasteiger partial charge in [-0.15, -0.1) is 0 Å². The molecule has 1 unspecified atom stereocenters. The highest BCUT2D eigenvalue weighted by Gasteiger charge is 2.17. The molecule has 4 N–H and O–H groups in total. The highest BCUT2D eigenvalue weighted by molar-refractivity contribution is 6.01. The number of phenols is 3. The van der Waals surface area contributed by atoms with E-state index in [2.05, 4.69) is 0 Å². The van der Waals surface area contributed by atoms with Gasteiger partial charge in [-0.1, -0.05) is 6.42 Å². The van der Waals surface area contributed by atoms with Gasteiger partial charge in [-0.2, -0.15) is 0 Å². The van der Waals surface area contributed by atoms with Crippen LogP contribution in [0, 0.1) is 0 Å². The Kier molecular flexibility index (Phi) is 4.97. The quantitative estimate of drug-likeness (QED) is 0.459. The van der Waals surface area contributed by atoms with Gasteiger partial charge in [0.1, 0.15) is 22.8 Å². The number of phenolic OH excluding ortho intramolecular Hbond substituents is 3. The van der Waals surface area contributed by atoms with Gasteiger partial charge in [0.15, 0.2) is 5.78 Å². The first-order chi connectivity index (χ1) is 8.41. The SMILES string of the molecule is CC(O)CCCCC(=O)c1c(O)cc(O)cc1O. The zero-order valence-corrected chi connectivity index (χ0v) is 10.3. The fraction of sp³-hybridized carbons (Fsp3) is 0.462. The van der Waals surface area contributed by atoms with Gasteiger partial charge in [-0.05, 0) is 19.8 Å². The van der Waals surface area contributed by atoms with Crippen molar-refractivity contribution in [2.24, 2.45) is 0 Å². The van der Waals surface area contributed by atoms with Gasteiger partial charge < -0.3 is 20.4 Å². The predicted molar refractivity (Wildman–Crippen MR) is 65.9 cm³/mol. The Bertz CT molecular complexity index is 402. The van der Waals surface area contributed by atoms with Crippen LogP contribution in [0.1, 0.15) is 43.0 Å².